The third-order valence-corrected chi connectivity index (χ3v) is 6.61. The molecule has 0 N–H and O–H groups in total. The van der Waals surface area contributed by atoms with Gasteiger partial charge >= 0.3 is 0 Å². The van der Waals surface area contributed by atoms with Gasteiger partial charge in [-0.2, -0.15) is 0 Å². The number of rotatable bonds is 3. The molecule has 2 aromatic heterocycles. The lowest BCUT2D eigenvalue weighted by atomic mass is 9.97. The molecule has 0 fully saturated rings. The van der Waals surface area contributed by atoms with E-state index in [0.717, 1.165) is 11.3 Å². The van der Waals surface area contributed by atoms with Crippen LogP contribution in [0.5, 0.6) is 0 Å². The molecular weight excluding hydrogens is 368 g/mol. The van der Waals surface area contributed by atoms with E-state index in [1.165, 1.54) is 16.5 Å². The highest BCUT2D eigenvalue weighted by molar-refractivity contribution is 7.10. The van der Waals surface area contributed by atoms with Crippen molar-refractivity contribution in [1.29, 1.82) is 0 Å². The van der Waals surface area contributed by atoms with Gasteiger partial charge < -0.3 is 4.90 Å². The number of carbonyl (C=O) groups excluding carboxylic acids is 1. The summed E-state index contributed by atoms with van der Waals surface area (Å²) in [6.07, 6.45) is 0.814. The zero-order valence-electron chi connectivity index (χ0n) is 14.0. The average Bonchev–Trinajstić information content (AvgIpc) is 3.32. The van der Waals surface area contributed by atoms with Crippen LogP contribution >= 0.6 is 22.7 Å². The van der Waals surface area contributed by atoms with Gasteiger partial charge in [-0.25, -0.2) is 0 Å². The average molecular weight is 384 g/mol. The summed E-state index contributed by atoms with van der Waals surface area (Å²) >= 11 is 3.35. The van der Waals surface area contributed by atoms with E-state index in [0.29, 0.717) is 17.7 Å². The Morgan fingerprint density at radius 3 is 2.81 bits per heavy atom. The zero-order valence-corrected chi connectivity index (χ0v) is 15.7. The van der Waals surface area contributed by atoms with Gasteiger partial charge in [0.25, 0.3) is 11.6 Å². The number of carbonyl (C=O) groups is 1. The summed E-state index contributed by atoms with van der Waals surface area (Å²) in [6, 6.07) is 10.7. The number of hydrogen-bond acceptors (Lipinski definition) is 5. The maximum absolute atomic E-state index is 13.2. The molecular formula is C19H16N2O3S2. The van der Waals surface area contributed by atoms with Gasteiger partial charge in [0.05, 0.1) is 11.0 Å². The standard InChI is InChI=1S/C19H16N2O3S2/c1-12-4-5-13(11-15(12)21(23)24)19(22)20-8-6-16-14(7-10-26-16)18(20)17-3-2-9-25-17/h2-5,7,9-11,18H,6,8H2,1H3. The molecule has 1 aliphatic heterocycles. The number of amides is 1. The summed E-state index contributed by atoms with van der Waals surface area (Å²) in [4.78, 5) is 28.3. The van der Waals surface area contributed by atoms with Gasteiger partial charge in [-0.15, -0.1) is 22.7 Å². The fourth-order valence-electron chi connectivity index (χ4n) is 3.39. The Bertz CT molecular complexity index is 979. The lowest BCUT2D eigenvalue weighted by Crippen LogP contribution is -2.39. The van der Waals surface area contributed by atoms with Crippen molar-refractivity contribution in [1.82, 2.24) is 4.90 Å². The number of nitro benzene ring substituents is 1. The van der Waals surface area contributed by atoms with Crippen LogP contribution in [-0.4, -0.2) is 22.3 Å². The quantitative estimate of drug-likeness (QED) is 0.481. The highest BCUT2D eigenvalue weighted by Gasteiger charge is 2.34. The molecule has 3 aromatic rings. The largest absolute Gasteiger partial charge is 0.326 e. The molecule has 26 heavy (non-hydrogen) atoms. The Hall–Kier alpha value is -2.51. The van der Waals surface area contributed by atoms with E-state index in [2.05, 4.69) is 11.4 Å². The van der Waals surface area contributed by atoms with Crippen LogP contribution in [0.1, 0.15) is 37.3 Å². The highest BCUT2D eigenvalue weighted by Crippen LogP contribution is 2.40. The number of fused-ring (bicyclic) bond motifs is 1. The smallest absolute Gasteiger partial charge is 0.273 e. The van der Waals surface area contributed by atoms with Crippen LogP contribution in [0, 0.1) is 17.0 Å². The van der Waals surface area contributed by atoms with Crippen LogP contribution in [0.2, 0.25) is 0 Å². The summed E-state index contributed by atoms with van der Waals surface area (Å²) in [5.41, 5.74) is 2.07. The van der Waals surface area contributed by atoms with E-state index in [1.807, 2.05) is 22.4 Å². The van der Waals surface area contributed by atoms with Crippen molar-refractivity contribution >= 4 is 34.3 Å². The molecule has 5 nitrogen and oxygen atoms in total. The number of thiophene rings is 2. The van der Waals surface area contributed by atoms with E-state index < -0.39 is 4.92 Å². The van der Waals surface area contributed by atoms with Crippen LogP contribution in [0.15, 0.2) is 47.2 Å². The van der Waals surface area contributed by atoms with Crippen molar-refractivity contribution in [2.75, 3.05) is 6.54 Å². The SMILES string of the molecule is Cc1ccc(C(=O)N2CCc3sccc3C2c2cccs2)cc1[N+](=O)[O-]. The number of nitro groups is 1. The van der Waals surface area contributed by atoms with Gasteiger partial charge in [0.1, 0.15) is 0 Å². The fraction of sp³-hybridized carbons (Fsp3) is 0.211. The third-order valence-electron chi connectivity index (χ3n) is 4.69. The van der Waals surface area contributed by atoms with Crippen LogP contribution < -0.4 is 0 Å². The second-order valence-corrected chi connectivity index (χ2v) is 8.20. The van der Waals surface area contributed by atoms with Crippen LogP contribution in [-0.2, 0) is 6.42 Å². The first-order valence-electron chi connectivity index (χ1n) is 8.22. The predicted octanol–water partition coefficient (Wildman–Crippen LogP) is 4.81. The first-order valence-corrected chi connectivity index (χ1v) is 9.98. The molecule has 4 rings (SSSR count). The summed E-state index contributed by atoms with van der Waals surface area (Å²) in [5.74, 6) is -0.164. The van der Waals surface area contributed by atoms with E-state index >= 15 is 0 Å². The molecule has 0 spiro atoms. The third kappa shape index (κ3) is 2.83. The minimum absolute atomic E-state index is 0.0169. The summed E-state index contributed by atoms with van der Waals surface area (Å²) in [6.45, 7) is 2.29. The zero-order chi connectivity index (χ0) is 18.3. The van der Waals surface area contributed by atoms with Gasteiger partial charge in [-0.05, 0) is 47.9 Å². The monoisotopic (exact) mass is 384 g/mol. The Morgan fingerprint density at radius 1 is 1.23 bits per heavy atom. The van der Waals surface area contributed by atoms with E-state index in [4.69, 9.17) is 0 Å². The summed E-state index contributed by atoms with van der Waals surface area (Å²) in [7, 11) is 0. The molecule has 1 atom stereocenters. The molecule has 3 heterocycles. The van der Waals surface area contributed by atoms with Crippen molar-refractivity contribution in [3.63, 3.8) is 0 Å². The maximum atomic E-state index is 13.2. The van der Waals surface area contributed by atoms with Crippen molar-refractivity contribution < 1.29 is 9.72 Å². The van der Waals surface area contributed by atoms with Crippen molar-refractivity contribution in [2.45, 2.75) is 19.4 Å². The van der Waals surface area contributed by atoms with Crippen molar-refractivity contribution in [3.05, 3.63) is 83.7 Å². The number of benzene rings is 1. The minimum atomic E-state index is -0.434. The molecule has 132 valence electrons. The number of nitrogens with zero attached hydrogens (tertiary/aromatic N) is 2. The van der Waals surface area contributed by atoms with Crippen molar-refractivity contribution in [3.8, 4) is 0 Å². The molecule has 0 saturated heterocycles. The van der Waals surface area contributed by atoms with E-state index in [1.54, 1.807) is 41.7 Å². The molecule has 1 aliphatic rings. The fourth-order valence-corrected chi connectivity index (χ4v) is 5.15. The van der Waals surface area contributed by atoms with Gasteiger partial charge in [0, 0.05) is 33.5 Å². The molecule has 0 aliphatic carbocycles. The predicted molar refractivity (Wildman–Crippen MR) is 103 cm³/mol. The Kier molecular flexibility index (Phi) is 4.34. The maximum Gasteiger partial charge on any atom is 0.273 e. The summed E-state index contributed by atoms with van der Waals surface area (Å²) < 4.78 is 0. The number of aryl methyl sites for hydroxylation is 1. The lowest BCUT2D eigenvalue weighted by molar-refractivity contribution is -0.385. The number of hydrogen-bond donors (Lipinski definition) is 0. The van der Waals surface area contributed by atoms with Gasteiger partial charge in [0.2, 0.25) is 0 Å². The van der Waals surface area contributed by atoms with Crippen LogP contribution in [0.25, 0.3) is 0 Å². The van der Waals surface area contributed by atoms with Crippen LogP contribution in [0.3, 0.4) is 0 Å². The molecule has 0 saturated carbocycles. The van der Waals surface area contributed by atoms with E-state index in [9.17, 15) is 14.9 Å². The lowest BCUT2D eigenvalue weighted by Gasteiger charge is -2.35. The summed E-state index contributed by atoms with van der Waals surface area (Å²) in [5, 5.41) is 15.3. The molecule has 1 aromatic carbocycles. The second kappa shape index (κ2) is 6.66. The molecule has 7 heteroatoms. The topological polar surface area (TPSA) is 63.5 Å². The van der Waals surface area contributed by atoms with Gasteiger partial charge in [0.15, 0.2) is 0 Å². The minimum Gasteiger partial charge on any atom is -0.326 e. The molecule has 1 amide bonds. The normalized spacial score (nSPS) is 16.3. The van der Waals surface area contributed by atoms with Gasteiger partial charge in [-0.3, -0.25) is 14.9 Å². The van der Waals surface area contributed by atoms with E-state index in [-0.39, 0.29) is 17.6 Å². The molecule has 0 bridgehead atoms. The Balaban J connectivity index is 1.76. The highest BCUT2D eigenvalue weighted by atomic mass is 32.1. The molecule has 1 unspecified atom stereocenters. The Morgan fingerprint density at radius 2 is 2.08 bits per heavy atom. The molecule has 0 radical (unpaired) electrons. The Labute approximate surface area is 158 Å². The first-order chi connectivity index (χ1) is 12.6. The van der Waals surface area contributed by atoms with Gasteiger partial charge in [-0.1, -0.05) is 12.1 Å². The van der Waals surface area contributed by atoms with Crippen molar-refractivity contribution in [2.24, 2.45) is 0 Å². The van der Waals surface area contributed by atoms with Crippen LogP contribution in [0.4, 0.5) is 5.69 Å². The first kappa shape index (κ1) is 16.9. The second-order valence-electron chi connectivity index (χ2n) is 6.22.